The highest BCUT2D eigenvalue weighted by atomic mass is 32.1. The molecule has 16 aromatic rings. The van der Waals surface area contributed by atoms with Gasteiger partial charge in [-0.05, 0) is 118 Å². The number of rotatable bonds is 7. The fourth-order valence-electron chi connectivity index (χ4n) is 11.5. The molecule has 0 bridgehead atoms. The summed E-state index contributed by atoms with van der Waals surface area (Å²) in [7, 11) is 0. The molecule has 0 spiro atoms. The molecular formula is C69H40N4O2S. The summed E-state index contributed by atoms with van der Waals surface area (Å²) in [6, 6.07) is 85.7. The lowest BCUT2D eigenvalue weighted by Crippen LogP contribution is -2.00. The van der Waals surface area contributed by atoms with Gasteiger partial charge in [-0.25, -0.2) is 15.0 Å². The summed E-state index contributed by atoms with van der Waals surface area (Å²) in [5.74, 6) is 1.69. The van der Waals surface area contributed by atoms with Crippen molar-refractivity contribution in [2.75, 3.05) is 0 Å². The molecule has 5 heterocycles. The van der Waals surface area contributed by atoms with Gasteiger partial charge in [-0.1, -0.05) is 158 Å². The third-order valence-corrected chi connectivity index (χ3v) is 16.2. The van der Waals surface area contributed by atoms with Crippen molar-refractivity contribution in [1.29, 1.82) is 0 Å². The van der Waals surface area contributed by atoms with Crippen LogP contribution >= 0.6 is 11.3 Å². The van der Waals surface area contributed by atoms with Gasteiger partial charge in [0.15, 0.2) is 17.5 Å². The third kappa shape index (κ3) is 6.76. The minimum atomic E-state index is 0.551. The largest absolute Gasteiger partial charge is 0.456 e. The first-order valence-electron chi connectivity index (χ1n) is 25.5. The van der Waals surface area contributed by atoms with Crippen molar-refractivity contribution < 1.29 is 8.83 Å². The van der Waals surface area contributed by atoms with E-state index in [9.17, 15) is 0 Å². The summed E-state index contributed by atoms with van der Waals surface area (Å²) in [5, 5.41) is 9.05. The molecule has 0 atom stereocenters. The molecule has 0 saturated carbocycles. The average molecular weight is 989 g/mol. The number of thiophene rings is 1. The lowest BCUT2D eigenvalue weighted by molar-refractivity contribution is 0.668. The van der Waals surface area contributed by atoms with Crippen LogP contribution in [0.3, 0.4) is 0 Å². The summed E-state index contributed by atoms with van der Waals surface area (Å²) < 4.78 is 18.2. The van der Waals surface area contributed by atoms with E-state index in [2.05, 4.69) is 205 Å². The van der Waals surface area contributed by atoms with E-state index in [1.54, 1.807) is 0 Å². The standard InChI is InChI=1S/C69H40N4O2S/c1-3-13-43(14-4-1)67-70-68(47-30-34-52-51-33-29-46(39-61(51)75-62(52)40-47)49-19-12-24-64-66(49)53-18-8-10-23-63(53)76-64)72-69(71-67)54-20-11-22-60-65(54)56-38-45(32-36-59(56)74-60)42-27-25-41(26-28-42)44-31-35-58-55(37-44)50-17-7-9-21-57(50)73(58)48-15-5-2-6-16-48/h1-40H. The van der Waals surface area contributed by atoms with E-state index in [0.717, 1.165) is 88.5 Å². The van der Waals surface area contributed by atoms with Crippen LogP contribution in [0.5, 0.6) is 0 Å². The first-order valence-corrected chi connectivity index (χ1v) is 26.3. The predicted octanol–water partition coefficient (Wildman–Crippen LogP) is 19.1. The van der Waals surface area contributed by atoms with Crippen molar-refractivity contribution in [1.82, 2.24) is 19.5 Å². The van der Waals surface area contributed by atoms with Crippen molar-refractivity contribution in [3.05, 3.63) is 243 Å². The molecule has 0 saturated heterocycles. The molecule has 0 aliphatic rings. The summed E-state index contributed by atoms with van der Waals surface area (Å²) in [6.45, 7) is 0. The summed E-state index contributed by atoms with van der Waals surface area (Å²) in [6.07, 6.45) is 0. The second-order valence-electron chi connectivity index (χ2n) is 19.5. The molecule has 0 aliphatic heterocycles. The molecule has 11 aromatic carbocycles. The Hall–Kier alpha value is -9.95. The number of furan rings is 2. The first kappa shape index (κ1) is 42.5. The van der Waals surface area contributed by atoms with Gasteiger partial charge in [-0.3, -0.25) is 0 Å². The number of hydrogen-bond acceptors (Lipinski definition) is 6. The quantitative estimate of drug-likeness (QED) is 0.159. The molecule has 354 valence electrons. The third-order valence-electron chi connectivity index (χ3n) is 15.1. The molecule has 0 amide bonds. The lowest BCUT2D eigenvalue weighted by Gasteiger charge is -2.10. The molecule has 5 aromatic heterocycles. The Morgan fingerprint density at radius 1 is 0.289 bits per heavy atom. The van der Waals surface area contributed by atoms with Gasteiger partial charge in [0.25, 0.3) is 0 Å². The monoisotopic (exact) mass is 988 g/mol. The van der Waals surface area contributed by atoms with Gasteiger partial charge < -0.3 is 13.4 Å². The van der Waals surface area contributed by atoms with E-state index in [4.69, 9.17) is 23.8 Å². The average Bonchev–Trinajstić information content (AvgIpc) is 4.31. The van der Waals surface area contributed by atoms with Crippen LogP contribution in [0, 0.1) is 0 Å². The van der Waals surface area contributed by atoms with Gasteiger partial charge >= 0.3 is 0 Å². The molecule has 6 nitrogen and oxygen atoms in total. The van der Waals surface area contributed by atoms with E-state index in [1.807, 2.05) is 53.8 Å². The fraction of sp³-hybridized carbons (Fsp3) is 0. The number of hydrogen-bond donors (Lipinski definition) is 0. The maximum absolute atomic E-state index is 6.72. The minimum absolute atomic E-state index is 0.551. The highest BCUT2D eigenvalue weighted by Crippen LogP contribution is 2.43. The van der Waals surface area contributed by atoms with Crippen LogP contribution in [0.15, 0.2) is 251 Å². The summed E-state index contributed by atoms with van der Waals surface area (Å²) in [5.41, 5.74) is 16.1. The molecule has 0 fully saturated rings. The lowest BCUT2D eigenvalue weighted by atomic mass is 9.97. The highest BCUT2D eigenvalue weighted by molar-refractivity contribution is 7.25. The Morgan fingerprint density at radius 3 is 1.66 bits per heavy atom. The van der Waals surface area contributed by atoms with Gasteiger partial charge in [-0.2, -0.15) is 0 Å². The number of nitrogens with zero attached hydrogens (tertiary/aromatic N) is 4. The van der Waals surface area contributed by atoms with Gasteiger partial charge in [0, 0.05) is 74.9 Å². The van der Waals surface area contributed by atoms with Crippen molar-refractivity contribution in [3.63, 3.8) is 0 Å². The SMILES string of the molecule is c1ccc(-c2nc(-c3ccc4c(c3)oc3cc(-c5cccc6sc7ccccc7c56)ccc34)nc(-c3cccc4oc5ccc(-c6ccc(-c7ccc8c(c7)c7ccccc7n8-c7ccccc7)cc6)cc5c34)n2)cc1. The Kier molecular flexibility index (Phi) is 9.40. The molecule has 7 heteroatoms. The smallest absolute Gasteiger partial charge is 0.164 e. The van der Waals surface area contributed by atoms with Gasteiger partial charge in [0.1, 0.15) is 22.3 Å². The Balaban J connectivity index is 0.773. The van der Waals surface area contributed by atoms with Crippen molar-refractivity contribution >= 4 is 97.2 Å². The summed E-state index contributed by atoms with van der Waals surface area (Å²) >= 11 is 1.83. The van der Waals surface area contributed by atoms with Crippen LogP contribution < -0.4 is 0 Å². The number of benzene rings is 11. The second-order valence-corrected chi connectivity index (χ2v) is 20.5. The molecule has 76 heavy (non-hydrogen) atoms. The zero-order chi connectivity index (χ0) is 49.8. The Bertz CT molecular complexity index is 4990. The van der Waals surface area contributed by atoms with E-state index in [-0.39, 0.29) is 0 Å². The van der Waals surface area contributed by atoms with Crippen LogP contribution in [0.2, 0.25) is 0 Å². The van der Waals surface area contributed by atoms with E-state index in [1.165, 1.54) is 53.1 Å². The zero-order valence-electron chi connectivity index (χ0n) is 40.6. The number of para-hydroxylation sites is 2. The fourth-order valence-corrected chi connectivity index (χ4v) is 12.6. The van der Waals surface area contributed by atoms with E-state index < -0.39 is 0 Å². The Morgan fingerprint density at radius 2 is 0.855 bits per heavy atom. The number of fused-ring (bicyclic) bond motifs is 12. The number of aromatic nitrogens is 4. The van der Waals surface area contributed by atoms with Crippen molar-refractivity contribution in [2.24, 2.45) is 0 Å². The topological polar surface area (TPSA) is 69.9 Å². The molecule has 0 aliphatic carbocycles. The molecule has 0 N–H and O–H groups in total. The maximum atomic E-state index is 6.72. The maximum Gasteiger partial charge on any atom is 0.164 e. The van der Waals surface area contributed by atoms with Crippen LogP contribution in [-0.2, 0) is 0 Å². The molecule has 0 unspecified atom stereocenters. The Labute approximate surface area is 439 Å². The highest BCUT2D eigenvalue weighted by Gasteiger charge is 2.21. The predicted molar refractivity (Wildman–Crippen MR) is 314 cm³/mol. The van der Waals surface area contributed by atoms with E-state index >= 15 is 0 Å². The van der Waals surface area contributed by atoms with Crippen LogP contribution in [-0.4, -0.2) is 19.5 Å². The van der Waals surface area contributed by atoms with Crippen LogP contribution in [0.1, 0.15) is 0 Å². The zero-order valence-corrected chi connectivity index (χ0v) is 41.4. The van der Waals surface area contributed by atoms with Crippen LogP contribution in [0.25, 0.3) is 159 Å². The molecular weight excluding hydrogens is 949 g/mol. The van der Waals surface area contributed by atoms with Crippen LogP contribution in [0.4, 0.5) is 0 Å². The van der Waals surface area contributed by atoms with Gasteiger partial charge in [0.2, 0.25) is 0 Å². The van der Waals surface area contributed by atoms with Gasteiger partial charge in [-0.15, -0.1) is 11.3 Å². The normalized spacial score (nSPS) is 11.9. The van der Waals surface area contributed by atoms with Crippen molar-refractivity contribution in [3.8, 4) is 73.2 Å². The summed E-state index contributed by atoms with van der Waals surface area (Å²) in [4.78, 5) is 15.6. The second kappa shape index (κ2) is 16.8. The van der Waals surface area contributed by atoms with E-state index in [0.29, 0.717) is 17.5 Å². The molecule has 16 rings (SSSR count). The van der Waals surface area contributed by atoms with Gasteiger partial charge in [0.05, 0.1) is 11.0 Å². The first-order chi connectivity index (χ1) is 37.6. The minimum Gasteiger partial charge on any atom is -0.456 e. The molecule has 0 radical (unpaired) electrons. The van der Waals surface area contributed by atoms with Crippen molar-refractivity contribution in [2.45, 2.75) is 0 Å².